The summed E-state index contributed by atoms with van der Waals surface area (Å²) in [6.07, 6.45) is 0.969. The number of fused-ring (bicyclic) bond motifs is 1. The highest BCUT2D eigenvalue weighted by molar-refractivity contribution is 8.01. The van der Waals surface area contributed by atoms with Crippen LogP contribution in [0, 0.1) is 0 Å². The van der Waals surface area contributed by atoms with E-state index in [9.17, 15) is 4.79 Å². The number of thiophene rings is 1. The van der Waals surface area contributed by atoms with Crippen molar-refractivity contribution < 1.29 is 4.79 Å². The van der Waals surface area contributed by atoms with Gasteiger partial charge in [0, 0.05) is 15.6 Å². The van der Waals surface area contributed by atoms with Crippen LogP contribution in [0.2, 0.25) is 0 Å². The van der Waals surface area contributed by atoms with E-state index in [1.165, 1.54) is 4.70 Å². The molecule has 3 heteroatoms. The Morgan fingerprint density at radius 2 is 2.21 bits per heavy atom. The Morgan fingerprint density at radius 3 is 2.93 bits per heavy atom. The van der Waals surface area contributed by atoms with Gasteiger partial charge in [0.05, 0.1) is 4.21 Å². The first-order valence-electron chi connectivity index (χ1n) is 4.46. The minimum absolute atomic E-state index is 0.859. The zero-order valence-electron chi connectivity index (χ0n) is 7.82. The van der Waals surface area contributed by atoms with E-state index in [2.05, 4.69) is 13.0 Å². The quantitative estimate of drug-likeness (QED) is 0.580. The molecule has 72 valence electrons. The molecule has 0 radical (unpaired) electrons. The topological polar surface area (TPSA) is 17.1 Å². The van der Waals surface area contributed by atoms with Crippen LogP contribution < -0.4 is 0 Å². The number of aldehydes is 1. The van der Waals surface area contributed by atoms with Crippen LogP contribution in [0.15, 0.2) is 28.5 Å². The summed E-state index contributed by atoms with van der Waals surface area (Å²) in [4.78, 5) is 11.0. The summed E-state index contributed by atoms with van der Waals surface area (Å²) in [5.74, 6) is 1.01. The third kappa shape index (κ3) is 1.57. The Kier molecular flexibility index (Phi) is 2.89. The summed E-state index contributed by atoms with van der Waals surface area (Å²) < 4.78 is 2.34. The zero-order valence-corrected chi connectivity index (χ0v) is 9.45. The highest BCUT2D eigenvalue weighted by atomic mass is 32.2. The first-order valence-corrected chi connectivity index (χ1v) is 6.26. The molecule has 1 aromatic heterocycles. The van der Waals surface area contributed by atoms with E-state index in [4.69, 9.17) is 0 Å². The monoisotopic (exact) mass is 222 g/mol. The van der Waals surface area contributed by atoms with Gasteiger partial charge in [0.15, 0.2) is 6.29 Å². The molecule has 2 rings (SSSR count). The smallest absolute Gasteiger partial charge is 0.152 e. The fourth-order valence-corrected chi connectivity index (χ4v) is 3.73. The van der Waals surface area contributed by atoms with Crippen LogP contribution in [0.4, 0.5) is 0 Å². The number of carbonyl (C=O) groups excluding carboxylic acids is 1. The predicted molar refractivity (Wildman–Crippen MR) is 63.6 cm³/mol. The lowest BCUT2D eigenvalue weighted by molar-refractivity contribution is 0.112. The third-order valence-electron chi connectivity index (χ3n) is 1.99. The van der Waals surface area contributed by atoms with E-state index in [0.29, 0.717) is 0 Å². The van der Waals surface area contributed by atoms with Gasteiger partial charge in [-0.2, -0.15) is 0 Å². The van der Waals surface area contributed by atoms with Crippen LogP contribution >= 0.6 is 23.1 Å². The standard InChI is InChI=1S/C11H10OS2/c1-2-13-11-9(7-12)8-5-3-4-6-10(8)14-11/h3-7H,2H2,1H3. The van der Waals surface area contributed by atoms with Crippen molar-refractivity contribution in [3.05, 3.63) is 29.8 Å². The number of rotatable bonds is 3. The van der Waals surface area contributed by atoms with Gasteiger partial charge in [-0.3, -0.25) is 4.79 Å². The second kappa shape index (κ2) is 4.15. The van der Waals surface area contributed by atoms with E-state index < -0.39 is 0 Å². The highest BCUT2D eigenvalue weighted by Gasteiger charge is 2.10. The van der Waals surface area contributed by atoms with Crippen LogP contribution in [-0.4, -0.2) is 12.0 Å². The zero-order chi connectivity index (χ0) is 9.97. The van der Waals surface area contributed by atoms with E-state index in [1.807, 2.05) is 18.2 Å². The number of hydrogen-bond donors (Lipinski definition) is 0. The van der Waals surface area contributed by atoms with E-state index in [-0.39, 0.29) is 0 Å². The molecular weight excluding hydrogens is 212 g/mol. The normalized spacial score (nSPS) is 10.6. The lowest BCUT2D eigenvalue weighted by Gasteiger charge is -1.93. The lowest BCUT2D eigenvalue weighted by Crippen LogP contribution is -1.78. The van der Waals surface area contributed by atoms with Crippen LogP contribution in [0.3, 0.4) is 0 Å². The van der Waals surface area contributed by atoms with Crippen molar-refractivity contribution in [3.8, 4) is 0 Å². The van der Waals surface area contributed by atoms with Crippen molar-refractivity contribution in [2.45, 2.75) is 11.1 Å². The van der Waals surface area contributed by atoms with Crippen molar-refractivity contribution in [3.63, 3.8) is 0 Å². The van der Waals surface area contributed by atoms with Gasteiger partial charge in [0.1, 0.15) is 0 Å². The maximum Gasteiger partial charge on any atom is 0.152 e. The van der Waals surface area contributed by atoms with Gasteiger partial charge >= 0.3 is 0 Å². The van der Waals surface area contributed by atoms with Crippen LogP contribution in [0.1, 0.15) is 17.3 Å². The number of carbonyl (C=O) groups is 1. The van der Waals surface area contributed by atoms with Gasteiger partial charge < -0.3 is 0 Å². The molecular formula is C11H10OS2. The van der Waals surface area contributed by atoms with Crippen molar-refractivity contribution in [2.24, 2.45) is 0 Å². The molecule has 0 bridgehead atoms. The molecule has 1 heterocycles. The number of hydrogen-bond acceptors (Lipinski definition) is 3. The summed E-state index contributed by atoms with van der Waals surface area (Å²) in [5, 5.41) is 1.09. The highest BCUT2D eigenvalue weighted by Crippen LogP contribution is 2.36. The van der Waals surface area contributed by atoms with Crippen LogP contribution in [-0.2, 0) is 0 Å². The first-order chi connectivity index (χ1) is 6.86. The molecule has 0 spiro atoms. The largest absolute Gasteiger partial charge is 0.298 e. The molecule has 0 saturated carbocycles. The summed E-state index contributed by atoms with van der Waals surface area (Å²) >= 11 is 3.44. The number of benzene rings is 1. The minimum atomic E-state index is 0.859. The molecule has 2 aromatic rings. The van der Waals surface area contributed by atoms with Gasteiger partial charge in [-0.25, -0.2) is 0 Å². The molecule has 0 aliphatic carbocycles. The molecule has 0 unspecified atom stereocenters. The molecule has 0 fully saturated rings. The second-order valence-corrected chi connectivity index (χ2v) is 5.44. The van der Waals surface area contributed by atoms with E-state index >= 15 is 0 Å². The summed E-state index contributed by atoms with van der Waals surface area (Å²) in [6, 6.07) is 8.05. The lowest BCUT2D eigenvalue weighted by atomic mass is 10.2. The predicted octanol–water partition coefficient (Wildman–Crippen LogP) is 3.83. The van der Waals surface area contributed by atoms with Crippen molar-refractivity contribution in [1.29, 1.82) is 0 Å². The molecule has 0 saturated heterocycles. The van der Waals surface area contributed by atoms with Gasteiger partial charge in [-0.15, -0.1) is 23.1 Å². The van der Waals surface area contributed by atoms with Gasteiger partial charge in [0.2, 0.25) is 0 Å². The fraction of sp³-hybridized carbons (Fsp3) is 0.182. The van der Waals surface area contributed by atoms with E-state index in [0.717, 1.165) is 27.2 Å². The third-order valence-corrected chi connectivity index (χ3v) is 4.35. The van der Waals surface area contributed by atoms with Gasteiger partial charge in [-0.05, 0) is 11.8 Å². The minimum Gasteiger partial charge on any atom is -0.298 e. The Hall–Kier alpha value is -0.800. The molecule has 1 nitrogen and oxygen atoms in total. The Labute approximate surface area is 91.1 Å². The van der Waals surface area contributed by atoms with Crippen molar-refractivity contribution in [1.82, 2.24) is 0 Å². The number of thioether (sulfide) groups is 1. The van der Waals surface area contributed by atoms with Crippen LogP contribution in [0.25, 0.3) is 10.1 Å². The molecule has 0 atom stereocenters. The van der Waals surface area contributed by atoms with E-state index in [1.54, 1.807) is 23.1 Å². The van der Waals surface area contributed by atoms with Gasteiger partial charge in [-0.1, -0.05) is 25.1 Å². The average Bonchev–Trinajstić information content (AvgIpc) is 2.55. The van der Waals surface area contributed by atoms with Crippen molar-refractivity contribution >= 4 is 39.5 Å². The molecule has 1 aromatic carbocycles. The van der Waals surface area contributed by atoms with Crippen LogP contribution in [0.5, 0.6) is 0 Å². The Balaban J connectivity index is 2.65. The van der Waals surface area contributed by atoms with Gasteiger partial charge in [0.25, 0.3) is 0 Å². The summed E-state index contributed by atoms with van der Waals surface area (Å²) in [5.41, 5.74) is 0.859. The fourth-order valence-electron chi connectivity index (χ4n) is 1.39. The second-order valence-electron chi connectivity index (χ2n) is 2.85. The molecule has 14 heavy (non-hydrogen) atoms. The Bertz CT molecular complexity index is 459. The summed E-state index contributed by atoms with van der Waals surface area (Å²) in [6.45, 7) is 2.10. The molecule has 0 amide bonds. The first kappa shape index (κ1) is 9.74. The molecule has 0 N–H and O–H groups in total. The SMILES string of the molecule is CCSc1sc2ccccc2c1C=O. The maximum atomic E-state index is 11.0. The molecule has 0 aliphatic rings. The molecule has 0 aliphatic heterocycles. The van der Waals surface area contributed by atoms with Crippen molar-refractivity contribution in [2.75, 3.05) is 5.75 Å². The average molecular weight is 222 g/mol. The Morgan fingerprint density at radius 1 is 1.43 bits per heavy atom. The summed E-state index contributed by atoms with van der Waals surface area (Å²) in [7, 11) is 0. The maximum absolute atomic E-state index is 11.0.